The van der Waals surface area contributed by atoms with E-state index in [1.807, 2.05) is 6.20 Å². The normalized spacial score (nSPS) is 17.5. The average Bonchev–Trinajstić information content (AvgIpc) is 3.16. The predicted octanol–water partition coefficient (Wildman–Crippen LogP) is 2.14. The van der Waals surface area contributed by atoms with E-state index in [2.05, 4.69) is 15.6 Å². The van der Waals surface area contributed by atoms with E-state index in [0.717, 1.165) is 18.7 Å². The van der Waals surface area contributed by atoms with Gasteiger partial charge in [-0.15, -0.1) is 5.10 Å². The van der Waals surface area contributed by atoms with Gasteiger partial charge < -0.3 is 15.1 Å². The molecule has 0 unspecified atom stereocenters. The van der Waals surface area contributed by atoms with Gasteiger partial charge >= 0.3 is 6.03 Å². The number of nitrogens with zero attached hydrogens (tertiary/aromatic N) is 5. The van der Waals surface area contributed by atoms with Gasteiger partial charge in [0.1, 0.15) is 5.69 Å². The Balaban J connectivity index is 1.29. The molecule has 2 aliphatic heterocycles. The Bertz CT molecular complexity index is 832. The van der Waals surface area contributed by atoms with Gasteiger partial charge in [0, 0.05) is 36.8 Å². The van der Waals surface area contributed by atoms with E-state index in [-0.39, 0.29) is 18.0 Å². The van der Waals surface area contributed by atoms with Crippen LogP contribution >= 0.6 is 11.6 Å². The van der Waals surface area contributed by atoms with Gasteiger partial charge in [0.15, 0.2) is 0 Å². The van der Waals surface area contributed by atoms with Crippen molar-refractivity contribution in [3.63, 3.8) is 0 Å². The minimum absolute atomic E-state index is 0.107. The van der Waals surface area contributed by atoms with Gasteiger partial charge in [0.05, 0.1) is 18.8 Å². The van der Waals surface area contributed by atoms with E-state index in [9.17, 15) is 9.59 Å². The maximum atomic E-state index is 12.2. The minimum Gasteiger partial charge on any atom is -0.337 e. The van der Waals surface area contributed by atoms with E-state index >= 15 is 0 Å². The molecule has 0 spiro atoms. The molecule has 1 aromatic heterocycles. The Morgan fingerprint density at radius 1 is 1.35 bits per heavy atom. The van der Waals surface area contributed by atoms with Crippen LogP contribution in [-0.2, 0) is 11.3 Å². The van der Waals surface area contributed by atoms with Crippen molar-refractivity contribution in [2.45, 2.75) is 25.4 Å². The lowest BCUT2D eigenvalue weighted by molar-refractivity contribution is -0.128. The fourth-order valence-corrected chi connectivity index (χ4v) is 3.38. The van der Waals surface area contributed by atoms with E-state index < -0.39 is 0 Å². The second-order valence-corrected chi connectivity index (χ2v) is 7.04. The average molecular weight is 375 g/mol. The number of hydrogen-bond acceptors (Lipinski definition) is 4. The molecular weight excluding hydrogens is 356 g/mol. The molecule has 0 bridgehead atoms. The summed E-state index contributed by atoms with van der Waals surface area (Å²) in [6.07, 6.45) is 3.39. The van der Waals surface area contributed by atoms with Crippen LogP contribution in [0.15, 0.2) is 30.5 Å². The molecule has 1 N–H and O–H groups in total. The molecule has 2 fully saturated rings. The molecule has 0 atom stereocenters. The highest BCUT2D eigenvalue weighted by Gasteiger charge is 2.33. The number of hydrogen-bond donors (Lipinski definition) is 1. The monoisotopic (exact) mass is 374 g/mol. The van der Waals surface area contributed by atoms with E-state index in [4.69, 9.17) is 11.6 Å². The quantitative estimate of drug-likeness (QED) is 0.888. The number of carbonyl (C=O) groups excluding carboxylic acids is 2. The van der Waals surface area contributed by atoms with E-state index in [1.54, 1.807) is 38.7 Å². The summed E-state index contributed by atoms with van der Waals surface area (Å²) in [5.41, 5.74) is 1.45. The molecule has 3 heterocycles. The third-order valence-electron chi connectivity index (χ3n) is 4.68. The molecule has 2 aromatic rings. The second-order valence-electron chi connectivity index (χ2n) is 6.61. The van der Waals surface area contributed by atoms with Crippen molar-refractivity contribution in [1.82, 2.24) is 24.8 Å². The summed E-state index contributed by atoms with van der Waals surface area (Å²) in [5, 5.41) is 11.7. The summed E-state index contributed by atoms with van der Waals surface area (Å²) in [6.45, 7) is 2.42. The number of carbonyl (C=O) groups is 2. The number of rotatable bonds is 4. The standard InChI is InChI=1S/C17H19ClN6O2/c18-12-3-1-4-13(7-12)19-17(26)23-10-15(11-23)24-9-14(20-21-24)8-22-6-2-5-16(22)25/h1,3-4,7,9,15H,2,5-6,8,10-11H2,(H,19,26). The van der Waals surface area contributed by atoms with Crippen LogP contribution in [0.4, 0.5) is 10.5 Å². The van der Waals surface area contributed by atoms with Crippen LogP contribution in [0.25, 0.3) is 0 Å². The molecule has 2 aliphatic rings. The Morgan fingerprint density at radius 2 is 2.19 bits per heavy atom. The molecule has 9 heteroatoms. The number of likely N-dealkylation sites (tertiary alicyclic amines) is 2. The zero-order valence-electron chi connectivity index (χ0n) is 14.1. The lowest BCUT2D eigenvalue weighted by atomic mass is 10.1. The van der Waals surface area contributed by atoms with Crippen molar-refractivity contribution >= 4 is 29.2 Å². The van der Waals surface area contributed by atoms with Crippen molar-refractivity contribution in [2.24, 2.45) is 0 Å². The lowest BCUT2D eigenvalue weighted by Crippen LogP contribution is -2.52. The second kappa shape index (κ2) is 6.95. The Hall–Kier alpha value is -2.61. The maximum Gasteiger partial charge on any atom is 0.321 e. The summed E-state index contributed by atoms with van der Waals surface area (Å²) in [6, 6.07) is 7.00. The largest absolute Gasteiger partial charge is 0.337 e. The molecule has 0 saturated carbocycles. The van der Waals surface area contributed by atoms with Crippen LogP contribution in [0.3, 0.4) is 0 Å². The zero-order valence-corrected chi connectivity index (χ0v) is 14.9. The van der Waals surface area contributed by atoms with Crippen LogP contribution < -0.4 is 5.32 Å². The van der Waals surface area contributed by atoms with Crippen LogP contribution in [-0.4, -0.2) is 56.4 Å². The number of amides is 3. The van der Waals surface area contributed by atoms with Gasteiger partial charge in [-0.3, -0.25) is 4.79 Å². The summed E-state index contributed by atoms with van der Waals surface area (Å²) in [5.74, 6) is 0.173. The number of nitrogens with one attached hydrogen (secondary N) is 1. The highest BCUT2D eigenvalue weighted by atomic mass is 35.5. The van der Waals surface area contributed by atoms with E-state index in [0.29, 0.717) is 36.8 Å². The smallest absolute Gasteiger partial charge is 0.321 e. The van der Waals surface area contributed by atoms with Crippen LogP contribution in [0.2, 0.25) is 5.02 Å². The fourth-order valence-electron chi connectivity index (χ4n) is 3.19. The van der Waals surface area contributed by atoms with Crippen molar-refractivity contribution in [1.29, 1.82) is 0 Å². The van der Waals surface area contributed by atoms with Crippen molar-refractivity contribution < 1.29 is 9.59 Å². The minimum atomic E-state index is -0.161. The Kier molecular flexibility index (Phi) is 4.50. The zero-order chi connectivity index (χ0) is 18.1. The molecule has 1 aromatic carbocycles. The van der Waals surface area contributed by atoms with Gasteiger partial charge in [-0.25, -0.2) is 9.48 Å². The summed E-state index contributed by atoms with van der Waals surface area (Å²) in [7, 11) is 0. The third-order valence-corrected chi connectivity index (χ3v) is 4.92. The number of urea groups is 1. The first-order chi connectivity index (χ1) is 12.6. The molecule has 0 aliphatic carbocycles. The fraction of sp³-hybridized carbons (Fsp3) is 0.412. The van der Waals surface area contributed by atoms with E-state index in [1.165, 1.54) is 0 Å². The molecule has 0 radical (unpaired) electrons. The first-order valence-electron chi connectivity index (χ1n) is 8.58. The van der Waals surface area contributed by atoms with Crippen LogP contribution in [0, 0.1) is 0 Å². The van der Waals surface area contributed by atoms with Gasteiger partial charge in [-0.05, 0) is 24.6 Å². The Labute approximate surface area is 155 Å². The number of anilines is 1. The first-order valence-corrected chi connectivity index (χ1v) is 8.96. The first kappa shape index (κ1) is 16.8. The SMILES string of the molecule is O=C1CCCN1Cc1cn(C2CN(C(=O)Nc3cccc(Cl)c3)C2)nn1. The lowest BCUT2D eigenvalue weighted by Gasteiger charge is -2.38. The van der Waals surface area contributed by atoms with Crippen molar-refractivity contribution in [2.75, 3.05) is 25.0 Å². The molecule has 26 heavy (non-hydrogen) atoms. The third kappa shape index (κ3) is 3.50. The molecule has 4 rings (SSSR count). The number of benzene rings is 1. The van der Waals surface area contributed by atoms with Gasteiger partial charge in [0.2, 0.25) is 5.91 Å². The van der Waals surface area contributed by atoms with Crippen LogP contribution in [0.1, 0.15) is 24.6 Å². The highest BCUT2D eigenvalue weighted by Crippen LogP contribution is 2.23. The summed E-state index contributed by atoms with van der Waals surface area (Å²) < 4.78 is 1.78. The molecule has 8 nitrogen and oxygen atoms in total. The maximum absolute atomic E-state index is 12.2. The van der Waals surface area contributed by atoms with Crippen molar-refractivity contribution in [3.8, 4) is 0 Å². The molecule has 2 saturated heterocycles. The van der Waals surface area contributed by atoms with Crippen LogP contribution in [0.5, 0.6) is 0 Å². The number of halogens is 1. The highest BCUT2D eigenvalue weighted by molar-refractivity contribution is 6.30. The van der Waals surface area contributed by atoms with Gasteiger partial charge in [0.25, 0.3) is 0 Å². The predicted molar refractivity (Wildman–Crippen MR) is 95.8 cm³/mol. The number of aromatic nitrogens is 3. The molecular formula is C17H19ClN6O2. The van der Waals surface area contributed by atoms with Gasteiger partial charge in [-0.2, -0.15) is 0 Å². The summed E-state index contributed by atoms with van der Waals surface area (Å²) in [4.78, 5) is 27.4. The summed E-state index contributed by atoms with van der Waals surface area (Å²) >= 11 is 5.92. The van der Waals surface area contributed by atoms with Crippen molar-refractivity contribution in [3.05, 3.63) is 41.2 Å². The molecule has 3 amide bonds. The Morgan fingerprint density at radius 3 is 2.92 bits per heavy atom. The topological polar surface area (TPSA) is 83.4 Å². The van der Waals surface area contributed by atoms with Gasteiger partial charge in [-0.1, -0.05) is 22.9 Å². The molecule has 136 valence electrons.